The first-order chi connectivity index (χ1) is 12.6. The van der Waals surface area contributed by atoms with Crippen molar-refractivity contribution < 1.29 is 14.5 Å². The highest BCUT2D eigenvalue weighted by Gasteiger charge is 2.18. The van der Waals surface area contributed by atoms with E-state index in [-0.39, 0.29) is 16.8 Å². The number of amides is 1. The van der Waals surface area contributed by atoms with Crippen LogP contribution in [0.3, 0.4) is 0 Å². The number of carbonyl (C=O) groups is 2. The van der Waals surface area contributed by atoms with Gasteiger partial charge in [-0.05, 0) is 17.5 Å². The number of nitrogens with zero attached hydrogens (tertiary/aromatic N) is 2. The third-order valence-corrected chi connectivity index (χ3v) is 5.01. The molecule has 1 aliphatic rings. The Hall–Kier alpha value is -2.84. The average Bonchev–Trinajstić information content (AvgIpc) is 3.15. The van der Waals surface area contributed by atoms with E-state index in [0.29, 0.717) is 12.7 Å². The van der Waals surface area contributed by atoms with Crippen LogP contribution in [0.4, 0.5) is 5.69 Å². The average molecular weight is 371 g/mol. The molecule has 2 aromatic rings. The molecule has 1 aromatic heterocycles. The molecule has 0 fully saturated rings. The van der Waals surface area contributed by atoms with Crippen LogP contribution in [0.5, 0.6) is 0 Å². The van der Waals surface area contributed by atoms with E-state index in [2.05, 4.69) is 21.7 Å². The van der Waals surface area contributed by atoms with Crippen molar-refractivity contribution in [2.45, 2.75) is 13.0 Å². The standard InChI is InChI=1S/C18H17N3O4S/c22-12-13-10-15(21(24)25)3-4-17(13)18(23)19-14-5-7-20(8-6-14)11-16-2-1-9-26-16/h1-5,9-10,12H,6-8,11H2,(H,19,23). The predicted molar refractivity (Wildman–Crippen MR) is 98.2 cm³/mol. The van der Waals surface area contributed by atoms with Crippen LogP contribution in [0.15, 0.2) is 47.5 Å². The molecule has 0 unspecified atom stereocenters. The van der Waals surface area contributed by atoms with Crippen molar-refractivity contribution in [3.05, 3.63) is 73.6 Å². The monoisotopic (exact) mass is 371 g/mol. The Morgan fingerprint density at radius 2 is 2.23 bits per heavy atom. The molecule has 26 heavy (non-hydrogen) atoms. The summed E-state index contributed by atoms with van der Waals surface area (Å²) in [4.78, 5) is 37.4. The van der Waals surface area contributed by atoms with Gasteiger partial charge in [0.1, 0.15) is 0 Å². The van der Waals surface area contributed by atoms with Crippen LogP contribution in [0.1, 0.15) is 32.0 Å². The largest absolute Gasteiger partial charge is 0.326 e. The Bertz CT molecular complexity index is 861. The van der Waals surface area contributed by atoms with Crippen molar-refractivity contribution in [2.24, 2.45) is 0 Å². The summed E-state index contributed by atoms with van der Waals surface area (Å²) in [5, 5.41) is 15.6. The SMILES string of the molecule is O=Cc1cc([N+](=O)[O-])ccc1C(=O)NC1=CCN(Cc2cccs2)CC1. The molecule has 1 amide bonds. The number of non-ortho nitro benzene ring substituents is 1. The zero-order valence-corrected chi connectivity index (χ0v) is 14.7. The Balaban J connectivity index is 1.64. The molecule has 1 aromatic carbocycles. The number of nitro groups is 1. The van der Waals surface area contributed by atoms with Gasteiger partial charge < -0.3 is 5.32 Å². The number of carbonyl (C=O) groups excluding carboxylic acids is 2. The summed E-state index contributed by atoms with van der Waals surface area (Å²) >= 11 is 1.72. The van der Waals surface area contributed by atoms with E-state index in [1.54, 1.807) is 11.3 Å². The maximum atomic E-state index is 12.4. The highest BCUT2D eigenvalue weighted by atomic mass is 32.1. The molecule has 0 atom stereocenters. The van der Waals surface area contributed by atoms with Gasteiger partial charge in [0.05, 0.1) is 10.5 Å². The van der Waals surface area contributed by atoms with Gasteiger partial charge >= 0.3 is 0 Å². The van der Waals surface area contributed by atoms with Crippen molar-refractivity contribution in [3.63, 3.8) is 0 Å². The Morgan fingerprint density at radius 1 is 1.38 bits per heavy atom. The molecule has 0 saturated heterocycles. The minimum atomic E-state index is -0.597. The summed E-state index contributed by atoms with van der Waals surface area (Å²) in [6.45, 7) is 2.44. The van der Waals surface area contributed by atoms with E-state index in [0.717, 1.165) is 31.4 Å². The molecular weight excluding hydrogens is 354 g/mol. The van der Waals surface area contributed by atoms with Crippen LogP contribution in [-0.4, -0.2) is 35.1 Å². The van der Waals surface area contributed by atoms with Crippen molar-refractivity contribution in [1.82, 2.24) is 10.2 Å². The van der Waals surface area contributed by atoms with Gasteiger partial charge in [-0.1, -0.05) is 12.1 Å². The van der Waals surface area contributed by atoms with Crippen LogP contribution >= 0.6 is 11.3 Å². The highest BCUT2D eigenvalue weighted by Crippen LogP contribution is 2.19. The second-order valence-corrected chi connectivity index (χ2v) is 6.93. The van der Waals surface area contributed by atoms with E-state index < -0.39 is 10.8 Å². The van der Waals surface area contributed by atoms with Gasteiger partial charge in [0.2, 0.25) is 0 Å². The number of aldehydes is 1. The summed E-state index contributed by atoms with van der Waals surface area (Å²) < 4.78 is 0. The minimum absolute atomic E-state index is 0.00688. The zero-order chi connectivity index (χ0) is 18.5. The van der Waals surface area contributed by atoms with Crippen molar-refractivity contribution in [1.29, 1.82) is 0 Å². The van der Waals surface area contributed by atoms with E-state index in [1.807, 2.05) is 12.1 Å². The molecule has 7 nitrogen and oxygen atoms in total. The first kappa shape index (κ1) is 18.0. The number of rotatable bonds is 6. The maximum absolute atomic E-state index is 12.4. The third-order valence-electron chi connectivity index (χ3n) is 4.14. The lowest BCUT2D eigenvalue weighted by Gasteiger charge is -2.26. The first-order valence-corrected chi connectivity index (χ1v) is 8.93. The summed E-state index contributed by atoms with van der Waals surface area (Å²) in [6.07, 6.45) is 3.11. The second kappa shape index (κ2) is 8.03. The number of thiophene rings is 1. The number of hydrogen-bond acceptors (Lipinski definition) is 6. The van der Waals surface area contributed by atoms with Crippen LogP contribution in [0.2, 0.25) is 0 Å². The fourth-order valence-corrected chi connectivity index (χ4v) is 3.52. The van der Waals surface area contributed by atoms with Crippen LogP contribution in [0, 0.1) is 10.1 Å². The normalized spacial score (nSPS) is 14.5. The molecule has 2 heterocycles. The molecule has 8 heteroatoms. The zero-order valence-electron chi connectivity index (χ0n) is 13.9. The molecule has 1 N–H and O–H groups in total. The molecule has 0 spiro atoms. The Labute approximate surface area is 154 Å². The number of nitro benzene ring substituents is 1. The lowest BCUT2D eigenvalue weighted by Crippen LogP contribution is -2.33. The van der Waals surface area contributed by atoms with E-state index in [1.165, 1.54) is 17.0 Å². The quantitative estimate of drug-likeness (QED) is 0.479. The second-order valence-electron chi connectivity index (χ2n) is 5.89. The minimum Gasteiger partial charge on any atom is -0.326 e. The summed E-state index contributed by atoms with van der Waals surface area (Å²) in [6, 6.07) is 7.77. The molecule has 0 radical (unpaired) electrons. The van der Waals surface area contributed by atoms with Gasteiger partial charge in [0.15, 0.2) is 6.29 Å². The van der Waals surface area contributed by atoms with Crippen molar-refractivity contribution in [3.8, 4) is 0 Å². The van der Waals surface area contributed by atoms with E-state index in [4.69, 9.17) is 0 Å². The first-order valence-electron chi connectivity index (χ1n) is 8.05. The maximum Gasteiger partial charge on any atom is 0.270 e. The van der Waals surface area contributed by atoms with Crippen LogP contribution in [-0.2, 0) is 6.54 Å². The molecule has 0 aliphatic carbocycles. The summed E-state index contributed by atoms with van der Waals surface area (Å²) in [5.74, 6) is -0.431. The number of benzene rings is 1. The van der Waals surface area contributed by atoms with Gasteiger partial charge in [0.25, 0.3) is 11.6 Å². The molecular formula is C18H17N3O4S. The van der Waals surface area contributed by atoms with Crippen molar-refractivity contribution >= 4 is 29.2 Å². The fraction of sp³-hybridized carbons (Fsp3) is 0.222. The fourth-order valence-electron chi connectivity index (χ4n) is 2.77. The third kappa shape index (κ3) is 4.22. The molecule has 3 rings (SSSR count). The molecule has 134 valence electrons. The Morgan fingerprint density at radius 3 is 2.85 bits per heavy atom. The van der Waals surface area contributed by atoms with E-state index in [9.17, 15) is 19.7 Å². The lowest BCUT2D eigenvalue weighted by molar-refractivity contribution is -0.384. The molecule has 1 aliphatic heterocycles. The van der Waals surface area contributed by atoms with E-state index >= 15 is 0 Å². The van der Waals surface area contributed by atoms with Crippen LogP contribution in [0.25, 0.3) is 0 Å². The van der Waals surface area contributed by atoms with Gasteiger partial charge in [-0.3, -0.25) is 24.6 Å². The topological polar surface area (TPSA) is 92.5 Å². The number of hydrogen-bond donors (Lipinski definition) is 1. The van der Waals surface area contributed by atoms with Crippen LogP contribution < -0.4 is 5.32 Å². The molecule has 0 saturated carbocycles. The molecule has 0 bridgehead atoms. The van der Waals surface area contributed by atoms with Gasteiger partial charge in [-0.15, -0.1) is 11.3 Å². The smallest absolute Gasteiger partial charge is 0.270 e. The Kier molecular flexibility index (Phi) is 5.55. The number of nitrogens with one attached hydrogen (secondary N) is 1. The predicted octanol–water partition coefficient (Wildman–Crippen LogP) is 2.99. The van der Waals surface area contributed by atoms with Gasteiger partial charge in [-0.25, -0.2) is 0 Å². The van der Waals surface area contributed by atoms with Gasteiger partial charge in [-0.2, -0.15) is 0 Å². The summed E-state index contributed by atoms with van der Waals surface area (Å²) in [5.41, 5.74) is 0.720. The van der Waals surface area contributed by atoms with Crippen molar-refractivity contribution in [2.75, 3.05) is 13.1 Å². The summed E-state index contributed by atoms with van der Waals surface area (Å²) in [7, 11) is 0. The highest BCUT2D eigenvalue weighted by molar-refractivity contribution is 7.09. The lowest BCUT2D eigenvalue weighted by atomic mass is 10.1. The van der Waals surface area contributed by atoms with Gasteiger partial charge in [0, 0.05) is 54.3 Å².